The van der Waals surface area contributed by atoms with Crippen molar-refractivity contribution in [3.63, 3.8) is 0 Å². The van der Waals surface area contributed by atoms with E-state index in [1.807, 2.05) is 30.3 Å². The fraction of sp³-hybridized carbons (Fsp3) is 0.231. The van der Waals surface area contributed by atoms with E-state index in [4.69, 9.17) is 9.47 Å². The van der Waals surface area contributed by atoms with Gasteiger partial charge in [0.15, 0.2) is 0 Å². The molecule has 1 fully saturated rings. The van der Waals surface area contributed by atoms with Gasteiger partial charge in [0, 0.05) is 25.1 Å². The number of amides is 1. The summed E-state index contributed by atoms with van der Waals surface area (Å²) in [5.74, 6) is -0.610. The van der Waals surface area contributed by atoms with Crippen LogP contribution in [0.15, 0.2) is 78.9 Å². The molecule has 32 heavy (non-hydrogen) atoms. The van der Waals surface area contributed by atoms with E-state index < -0.39 is 5.92 Å². The average Bonchev–Trinajstić information content (AvgIpc) is 3.20. The number of ether oxygens (including phenoxy) is 2. The van der Waals surface area contributed by atoms with Crippen molar-refractivity contribution in [2.24, 2.45) is 5.92 Å². The van der Waals surface area contributed by atoms with Gasteiger partial charge in [-0.05, 0) is 47.5 Å². The normalized spacial score (nSPS) is 15.6. The number of hydrogen-bond acceptors (Lipinski definition) is 4. The monoisotopic (exact) mass is 433 g/mol. The van der Waals surface area contributed by atoms with Gasteiger partial charge in [-0.1, -0.05) is 42.5 Å². The highest BCUT2D eigenvalue weighted by Crippen LogP contribution is 2.28. The van der Waals surface area contributed by atoms with Gasteiger partial charge in [0.2, 0.25) is 5.91 Å². The van der Waals surface area contributed by atoms with Gasteiger partial charge in [-0.25, -0.2) is 4.39 Å². The van der Waals surface area contributed by atoms with Crippen molar-refractivity contribution in [1.82, 2.24) is 0 Å². The van der Waals surface area contributed by atoms with Crippen molar-refractivity contribution >= 4 is 17.6 Å². The number of halogens is 1. The second-order valence-electron chi connectivity index (χ2n) is 7.72. The van der Waals surface area contributed by atoms with Gasteiger partial charge in [-0.15, -0.1) is 0 Å². The van der Waals surface area contributed by atoms with Crippen molar-refractivity contribution in [1.29, 1.82) is 0 Å². The lowest BCUT2D eigenvalue weighted by atomic mass is 10.1. The predicted octanol–water partition coefficient (Wildman–Crippen LogP) is 4.54. The third kappa shape index (κ3) is 5.52. The first kappa shape index (κ1) is 21.6. The molecule has 3 aromatic rings. The summed E-state index contributed by atoms with van der Waals surface area (Å²) in [4.78, 5) is 26.5. The summed E-state index contributed by atoms with van der Waals surface area (Å²) in [6.07, 6.45) is 0.788. The molecular formula is C26H24FNO4. The number of carbonyl (C=O) groups excluding carboxylic acids is 2. The van der Waals surface area contributed by atoms with E-state index in [1.54, 1.807) is 41.3 Å². The fourth-order valence-electron chi connectivity index (χ4n) is 3.66. The average molecular weight is 433 g/mol. The smallest absolute Gasteiger partial charge is 0.311 e. The number of nitrogens with zero attached hydrogens (tertiary/aromatic N) is 1. The molecule has 1 amide bonds. The minimum Gasteiger partial charge on any atom is -0.489 e. The molecule has 0 spiro atoms. The van der Waals surface area contributed by atoms with Gasteiger partial charge in [-0.3, -0.25) is 9.59 Å². The van der Waals surface area contributed by atoms with E-state index in [2.05, 4.69) is 0 Å². The van der Waals surface area contributed by atoms with Crippen LogP contribution in [-0.2, 0) is 27.4 Å². The van der Waals surface area contributed by atoms with Gasteiger partial charge in [-0.2, -0.15) is 0 Å². The van der Waals surface area contributed by atoms with Crippen LogP contribution < -0.4 is 9.64 Å². The van der Waals surface area contributed by atoms with Crippen molar-refractivity contribution in [3.8, 4) is 5.75 Å². The van der Waals surface area contributed by atoms with E-state index in [0.717, 1.165) is 11.1 Å². The summed E-state index contributed by atoms with van der Waals surface area (Å²) in [6, 6.07) is 23.1. The molecule has 5 nitrogen and oxygen atoms in total. The Balaban J connectivity index is 1.28. The number of esters is 1. The molecule has 0 saturated carbocycles. The zero-order valence-electron chi connectivity index (χ0n) is 17.6. The first-order valence-corrected chi connectivity index (χ1v) is 10.6. The maximum absolute atomic E-state index is 13.3. The lowest BCUT2D eigenvalue weighted by Gasteiger charge is -2.17. The minimum absolute atomic E-state index is 0.108. The molecule has 164 valence electrons. The van der Waals surface area contributed by atoms with Crippen molar-refractivity contribution in [3.05, 3.63) is 95.8 Å². The second-order valence-corrected chi connectivity index (χ2v) is 7.72. The number of benzene rings is 3. The largest absolute Gasteiger partial charge is 0.489 e. The van der Waals surface area contributed by atoms with Crippen LogP contribution >= 0.6 is 0 Å². The molecule has 1 heterocycles. The van der Waals surface area contributed by atoms with Crippen LogP contribution in [0.1, 0.15) is 17.5 Å². The third-order valence-electron chi connectivity index (χ3n) is 5.38. The topological polar surface area (TPSA) is 55.8 Å². The van der Waals surface area contributed by atoms with E-state index in [-0.39, 0.29) is 30.7 Å². The number of hydrogen-bond donors (Lipinski definition) is 0. The molecule has 0 unspecified atom stereocenters. The maximum Gasteiger partial charge on any atom is 0.311 e. The Hall–Kier alpha value is -3.67. The Kier molecular flexibility index (Phi) is 6.80. The molecule has 0 radical (unpaired) electrons. The van der Waals surface area contributed by atoms with Crippen LogP contribution in [0.4, 0.5) is 10.1 Å². The fourth-order valence-corrected chi connectivity index (χ4v) is 3.66. The minimum atomic E-state index is -0.470. The van der Waals surface area contributed by atoms with E-state index in [0.29, 0.717) is 31.0 Å². The van der Waals surface area contributed by atoms with Gasteiger partial charge in [0.1, 0.15) is 18.2 Å². The van der Waals surface area contributed by atoms with E-state index in [9.17, 15) is 14.0 Å². The predicted molar refractivity (Wildman–Crippen MR) is 119 cm³/mol. The molecule has 0 aromatic heterocycles. The van der Waals surface area contributed by atoms with Crippen molar-refractivity contribution in [2.75, 3.05) is 18.1 Å². The summed E-state index contributed by atoms with van der Waals surface area (Å²) >= 11 is 0. The van der Waals surface area contributed by atoms with Crippen molar-refractivity contribution < 1.29 is 23.5 Å². The first-order chi connectivity index (χ1) is 15.6. The lowest BCUT2D eigenvalue weighted by molar-refractivity contribution is -0.148. The number of anilines is 1. The number of rotatable bonds is 8. The molecule has 0 bridgehead atoms. The Bertz CT molecular complexity index is 1070. The standard InChI is InChI=1S/C26H24FNO4/c27-22-8-4-7-20(15-22)18-32-24-11-9-23(10-12-24)28-17-21(16-25(28)29)26(30)31-14-13-19-5-2-1-3-6-19/h1-12,15,21H,13-14,16-18H2/t21-/m1/s1. The Morgan fingerprint density at radius 1 is 0.969 bits per heavy atom. The van der Waals surface area contributed by atoms with Gasteiger partial charge < -0.3 is 14.4 Å². The third-order valence-corrected chi connectivity index (χ3v) is 5.38. The molecule has 0 N–H and O–H groups in total. The SMILES string of the molecule is O=C(OCCc1ccccc1)[C@@H]1CC(=O)N(c2ccc(OCc3cccc(F)c3)cc2)C1. The zero-order chi connectivity index (χ0) is 22.3. The van der Waals surface area contributed by atoms with Crippen LogP contribution in [-0.4, -0.2) is 25.0 Å². The number of carbonyl (C=O) groups is 2. The quantitative estimate of drug-likeness (QED) is 0.490. The van der Waals surface area contributed by atoms with Crippen LogP contribution in [0.2, 0.25) is 0 Å². The zero-order valence-corrected chi connectivity index (χ0v) is 17.6. The lowest BCUT2D eigenvalue weighted by Crippen LogP contribution is -2.26. The highest BCUT2D eigenvalue weighted by molar-refractivity contribution is 5.99. The molecule has 1 atom stereocenters. The molecule has 4 rings (SSSR count). The molecule has 3 aromatic carbocycles. The maximum atomic E-state index is 13.3. The Labute approximate surface area is 186 Å². The van der Waals surface area contributed by atoms with E-state index in [1.165, 1.54) is 12.1 Å². The second kappa shape index (κ2) is 10.1. The van der Waals surface area contributed by atoms with Gasteiger partial charge >= 0.3 is 5.97 Å². The molecular weight excluding hydrogens is 409 g/mol. The Morgan fingerprint density at radius 2 is 1.72 bits per heavy atom. The summed E-state index contributed by atoms with van der Waals surface area (Å²) in [6.45, 7) is 0.841. The summed E-state index contributed by atoms with van der Waals surface area (Å²) < 4.78 is 24.4. The Morgan fingerprint density at radius 3 is 2.47 bits per heavy atom. The summed E-state index contributed by atoms with van der Waals surface area (Å²) in [7, 11) is 0. The summed E-state index contributed by atoms with van der Waals surface area (Å²) in [5, 5.41) is 0. The molecule has 1 saturated heterocycles. The highest BCUT2D eigenvalue weighted by Gasteiger charge is 2.36. The highest BCUT2D eigenvalue weighted by atomic mass is 19.1. The van der Waals surface area contributed by atoms with Crippen molar-refractivity contribution in [2.45, 2.75) is 19.4 Å². The van der Waals surface area contributed by atoms with Crippen LogP contribution in [0.3, 0.4) is 0 Å². The van der Waals surface area contributed by atoms with Gasteiger partial charge in [0.05, 0.1) is 12.5 Å². The van der Waals surface area contributed by atoms with Crippen LogP contribution in [0.25, 0.3) is 0 Å². The molecule has 6 heteroatoms. The summed E-state index contributed by atoms with van der Waals surface area (Å²) in [5.41, 5.74) is 2.54. The van der Waals surface area contributed by atoms with Gasteiger partial charge in [0.25, 0.3) is 0 Å². The van der Waals surface area contributed by atoms with Crippen LogP contribution in [0.5, 0.6) is 5.75 Å². The molecule has 1 aliphatic rings. The van der Waals surface area contributed by atoms with Crippen LogP contribution in [0, 0.1) is 11.7 Å². The molecule has 0 aliphatic carbocycles. The van der Waals surface area contributed by atoms with E-state index >= 15 is 0 Å². The molecule has 1 aliphatic heterocycles. The first-order valence-electron chi connectivity index (χ1n) is 10.6.